The molecule has 1 heterocycles. The molecule has 0 unspecified atom stereocenters. The Morgan fingerprint density at radius 3 is 2.26 bits per heavy atom. The largest absolute Gasteiger partial charge is 0.459 e. The Labute approximate surface area is 175 Å². The molecule has 0 aliphatic rings. The van der Waals surface area contributed by atoms with Crippen molar-refractivity contribution < 1.29 is 18.3 Å². The second kappa shape index (κ2) is 9.04. The van der Waals surface area contributed by atoms with Gasteiger partial charge < -0.3 is 14.1 Å². The molecule has 1 N–H and O–H groups in total. The molecule has 4 nitrogen and oxygen atoms in total. The number of carbonyl (C=O) groups is 1. The minimum Gasteiger partial charge on any atom is -0.459 e. The molecule has 0 radical (unpaired) electrons. The third-order valence-corrected chi connectivity index (χ3v) is 12.5. The van der Waals surface area contributed by atoms with Crippen molar-refractivity contribution in [1.82, 2.24) is 4.98 Å². The van der Waals surface area contributed by atoms with E-state index in [-0.39, 0.29) is 12.4 Å². The maximum atomic E-state index is 13.4. The van der Waals surface area contributed by atoms with Gasteiger partial charge in [0.05, 0.1) is 10.2 Å². The Hall–Kier alpha value is -0.933. The molecule has 0 amide bonds. The molecule has 1 aromatic heterocycles. The zero-order valence-corrected chi connectivity index (χ0v) is 20.0. The summed E-state index contributed by atoms with van der Waals surface area (Å²) in [6.07, 6.45) is 0. The summed E-state index contributed by atoms with van der Waals surface area (Å²) in [6, 6.07) is 4.41. The molecule has 2 aromatic rings. The van der Waals surface area contributed by atoms with E-state index >= 15 is 0 Å². The lowest BCUT2D eigenvalue weighted by Gasteiger charge is -2.42. The first kappa shape index (κ1) is 22.4. The number of carbonyl (C=O) groups excluding carboxylic acids is 1. The van der Waals surface area contributed by atoms with Crippen molar-refractivity contribution in [2.45, 2.75) is 58.2 Å². The van der Waals surface area contributed by atoms with Crippen LogP contribution in [0.25, 0.3) is 10.9 Å². The van der Waals surface area contributed by atoms with Crippen LogP contribution in [0.2, 0.25) is 16.6 Å². The van der Waals surface area contributed by atoms with Crippen LogP contribution >= 0.6 is 22.6 Å². The van der Waals surface area contributed by atoms with Crippen LogP contribution in [0, 0.1) is 9.39 Å². The van der Waals surface area contributed by atoms with E-state index in [0.717, 1.165) is 5.52 Å². The van der Waals surface area contributed by atoms with E-state index in [2.05, 4.69) is 46.5 Å². The molecule has 1 aromatic carbocycles. The van der Waals surface area contributed by atoms with Crippen molar-refractivity contribution >= 4 is 47.8 Å². The third kappa shape index (κ3) is 4.56. The number of benzene rings is 1. The van der Waals surface area contributed by atoms with Crippen molar-refractivity contribution in [2.24, 2.45) is 0 Å². The number of aromatic nitrogens is 1. The van der Waals surface area contributed by atoms with Crippen LogP contribution in [0.15, 0.2) is 18.2 Å². The summed E-state index contributed by atoms with van der Waals surface area (Å²) in [6.45, 7) is 14.0. The van der Waals surface area contributed by atoms with Crippen LogP contribution in [0.3, 0.4) is 0 Å². The summed E-state index contributed by atoms with van der Waals surface area (Å²) in [7, 11) is -1.96. The summed E-state index contributed by atoms with van der Waals surface area (Å²) in [5.74, 6) is -0.768. The molecule has 0 saturated heterocycles. The van der Waals surface area contributed by atoms with Crippen molar-refractivity contribution in [3.05, 3.63) is 33.3 Å². The molecule has 0 atom stereocenters. The molecule has 0 bridgehead atoms. The molecule has 2 rings (SSSR count). The third-order valence-electron chi connectivity index (χ3n) is 5.28. The van der Waals surface area contributed by atoms with E-state index in [1.165, 1.54) is 12.1 Å². The van der Waals surface area contributed by atoms with Crippen LogP contribution in [-0.2, 0) is 9.16 Å². The quantitative estimate of drug-likeness (QED) is 0.199. The first-order valence-electron chi connectivity index (χ1n) is 9.39. The molecule has 0 aliphatic carbocycles. The van der Waals surface area contributed by atoms with Crippen LogP contribution in [0.4, 0.5) is 4.39 Å². The summed E-state index contributed by atoms with van der Waals surface area (Å²) < 4.78 is 25.9. The predicted molar refractivity (Wildman–Crippen MR) is 118 cm³/mol. The van der Waals surface area contributed by atoms with Gasteiger partial charge in [-0.3, -0.25) is 0 Å². The van der Waals surface area contributed by atoms with Gasteiger partial charge in [-0.1, -0.05) is 41.5 Å². The fourth-order valence-corrected chi connectivity index (χ4v) is 10.4. The maximum Gasteiger partial charge on any atom is 0.355 e. The fraction of sp³-hybridized carbons (Fsp3) is 0.550. The molecular weight excluding hydrogens is 476 g/mol. The minimum absolute atomic E-state index is 0.208. The second-order valence-electron chi connectivity index (χ2n) is 7.81. The Bertz CT molecular complexity index is 782. The number of halogens is 2. The van der Waals surface area contributed by atoms with Gasteiger partial charge in [-0.05, 0) is 57.4 Å². The van der Waals surface area contributed by atoms with Gasteiger partial charge in [0.15, 0.2) is 8.32 Å². The standard InChI is InChI=1S/C20H29FINO3Si/c1-12(2)27(13(3)4,14(5)6)26-10-9-25-20(24)19-18(22)16-11-15(21)7-8-17(16)23-19/h7-8,11-14,23H,9-10H2,1-6H3. The van der Waals surface area contributed by atoms with Crippen LogP contribution in [-0.4, -0.2) is 32.5 Å². The van der Waals surface area contributed by atoms with Gasteiger partial charge in [0, 0.05) is 10.9 Å². The predicted octanol–water partition coefficient (Wildman–Crippen LogP) is 6.26. The second-order valence-corrected chi connectivity index (χ2v) is 14.3. The van der Waals surface area contributed by atoms with Gasteiger partial charge in [-0.25, -0.2) is 9.18 Å². The fourth-order valence-electron chi connectivity index (χ4n) is 4.20. The van der Waals surface area contributed by atoms with Gasteiger partial charge >= 0.3 is 5.97 Å². The highest BCUT2D eigenvalue weighted by Crippen LogP contribution is 2.42. The minimum atomic E-state index is -1.96. The number of aromatic amines is 1. The van der Waals surface area contributed by atoms with Gasteiger partial charge in [0.2, 0.25) is 0 Å². The first-order chi connectivity index (χ1) is 12.6. The molecular formula is C20H29FINO3Si. The normalized spacial score (nSPS) is 12.6. The van der Waals surface area contributed by atoms with Crippen molar-refractivity contribution in [2.75, 3.05) is 13.2 Å². The van der Waals surface area contributed by atoms with E-state index < -0.39 is 14.3 Å². The average molecular weight is 505 g/mol. The van der Waals surface area contributed by atoms with E-state index in [1.54, 1.807) is 6.07 Å². The Morgan fingerprint density at radius 1 is 1.11 bits per heavy atom. The molecule has 0 spiro atoms. The molecule has 27 heavy (non-hydrogen) atoms. The lowest BCUT2D eigenvalue weighted by Crippen LogP contribution is -2.48. The number of ether oxygens (including phenoxy) is 1. The highest BCUT2D eigenvalue weighted by molar-refractivity contribution is 14.1. The molecule has 0 saturated carbocycles. The summed E-state index contributed by atoms with van der Waals surface area (Å²) in [4.78, 5) is 15.5. The average Bonchev–Trinajstić information content (AvgIpc) is 2.90. The summed E-state index contributed by atoms with van der Waals surface area (Å²) in [5.41, 5.74) is 2.53. The smallest absolute Gasteiger partial charge is 0.355 e. The number of hydrogen-bond donors (Lipinski definition) is 1. The summed E-state index contributed by atoms with van der Waals surface area (Å²) in [5, 5.41) is 0.685. The Morgan fingerprint density at radius 2 is 1.70 bits per heavy atom. The highest BCUT2D eigenvalue weighted by atomic mass is 127. The van der Waals surface area contributed by atoms with Crippen molar-refractivity contribution in [1.29, 1.82) is 0 Å². The number of rotatable bonds is 8. The van der Waals surface area contributed by atoms with Gasteiger partial charge in [0.1, 0.15) is 18.1 Å². The topological polar surface area (TPSA) is 51.3 Å². The molecule has 0 fully saturated rings. The van der Waals surface area contributed by atoms with Gasteiger partial charge in [0.25, 0.3) is 0 Å². The van der Waals surface area contributed by atoms with Crippen LogP contribution < -0.4 is 0 Å². The zero-order valence-electron chi connectivity index (χ0n) is 16.9. The lowest BCUT2D eigenvalue weighted by molar-refractivity contribution is 0.0432. The number of nitrogens with one attached hydrogen (secondary N) is 1. The van der Waals surface area contributed by atoms with Gasteiger partial charge in [-0.2, -0.15) is 0 Å². The molecule has 150 valence electrons. The Kier molecular flexibility index (Phi) is 7.49. The number of fused-ring (bicyclic) bond motifs is 1. The van der Waals surface area contributed by atoms with E-state index in [0.29, 0.717) is 37.9 Å². The number of hydrogen-bond acceptors (Lipinski definition) is 3. The van der Waals surface area contributed by atoms with Crippen molar-refractivity contribution in [3.8, 4) is 0 Å². The van der Waals surface area contributed by atoms with Gasteiger partial charge in [-0.15, -0.1) is 0 Å². The first-order valence-corrected chi connectivity index (χ1v) is 12.6. The molecule has 7 heteroatoms. The van der Waals surface area contributed by atoms with E-state index in [4.69, 9.17) is 9.16 Å². The monoisotopic (exact) mass is 505 g/mol. The maximum absolute atomic E-state index is 13.4. The number of H-pyrrole nitrogens is 1. The SMILES string of the molecule is CC(C)[Si](OCCOC(=O)c1[nH]c2ccc(F)cc2c1I)(C(C)C)C(C)C. The van der Waals surface area contributed by atoms with Crippen LogP contribution in [0.1, 0.15) is 52.0 Å². The van der Waals surface area contributed by atoms with E-state index in [1.807, 2.05) is 22.6 Å². The highest BCUT2D eigenvalue weighted by Gasteiger charge is 2.44. The molecule has 0 aliphatic heterocycles. The van der Waals surface area contributed by atoms with E-state index in [9.17, 15) is 9.18 Å². The van der Waals surface area contributed by atoms with Crippen molar-refractivity contribution in [3.63, 3.8) is 0 Å². The zero-order chi connectivity index (χ0) is 20.4. The Balaban J connectivity index is 2.03. The summed E-state index contributed by atoms with van der Waals surface area (Å²) >= 11 is 2.04. The lowest BCUT2D eigenvalue weighted by atomic mass is 10.2. The number of esters is 1. The van der Waals surface area contributed by atoms with Crippen LogP contribution in [0.5, 0.6) is 0 Å².